The summed E-state index contributed by atoms with van der Waals surface area (Å²) in [5.41, 5.74) is 3.75. The van der Waals surface area contributed by atoms with Gasteiger partial charge in [-0.1, -0.05) is 23.7 Å². The van der Waals surface area contributed by atoms with Crippen molar-refractivity contribution in [3.05, 3.63) is 57.0 Å². The van der Waals surface area contributed by atoms with Crippen LogP contribution in [0.4, 0.5) is 4.39 Å². The van der Waals surface area contributed by atoms with Gasteiger partial charge in [0.15, 0.2) is 0 Å². The van der Waals surface area contributed by atoms with E-state index in [1.54, 1.807) is 17.4 Å². The van der Waals surface area contributed by atoms with E-state index in [2.05, 4.69) is 22.9 Å². The molecule has 0 amide bonds. The lowest BCUT2D eigenvalue weighted by Gasteiger charge is -2.16. The number of benzene rings is 1. The molecule has 0 saturated carbocycles. The zero-order chi connectivity index (χ0) is 14.4. The van der Waals surface area contributed by atoms with Crippen LogP contribution in [0.25, 0.3) is 0 Å². The average Bonchev–Trinajstić information content (AvgIpc) is 2.93. The summed E-state index contributed by atoms with van der Waals surface area (Å²) in [6, 6.07) is 8.86. The molecule has 2 rings (SSSR count). The van der Waals surface area contributed by atoms with Crippen LogP contribution in [0.2, 0.25) is 5.02 Å². The highest BCUT2D eigenvalue weighted by Crippen LogP contribution is 2.20. The normalized spacial score (nSPS) is 12.6. The first kappa shape index (κ1) is 15.4. The van der Waals surface area contributed by atoms with E-state index in [-0.39, 0.29) is 11.9 Å². The van der Waals surface area contributed by atoms with E-state index in [9.17, 15) is 4.39 Å². The maximum atomic E-state index is 13.0. The molecule has 3 N–H and O–H groups in total. The molecule has 0 spiro atoms. The van der Waals surface area contributed by atoms with Crippen molar-refractivity contribution in [3.63, 3.8) is 0 Å². The number of nitrogens with two attached hydrogens (primary N) is 1. The maximum Gasteiger partial charge on any atom is 0.124 e. The Bertz CT molecular complexity index is 531. The van der Waals surface area contributed by atoms with E-state index in [4.69, 9.17) is 17.4 Å². The molecule has 5 heteroatoms. The fourth-order valence-electron chi connectivity index (χ4n) is 2.17. The Balaban J connectivity index is 1.85. The quantitative estimate of drug-likeness (QED) is 0.600. The SMILES string of the molecule is NNC(CCCc1cccs1)Cc1ccc(F)cc1Cl. The molecule has 0 radical (unpaired) electrons. The Labute approximate surface area is 127 Å². The molecule has 0 aliphatic carbocycles. The van der Waals surface area contributed by atoms with Crippen LogP contribution < -0.4 is 11.3 Å². The number of nitrogens with one attached hydrogen (secondary N) is 1. The van der Waals surface area contributed by atoms with Crippen LogP contribution >= 0.6 is 22.9 Å². The summed E-state index contributed by atoms with van der Waals surface area (Å²) in [5.74, 6) is 5.28. The highest BCUT2D eigenvalue weighted by molar-refractivity contribution is 7.09. The molecule has 0 aliphatic heterocycles. The number of thiophene rings is 1. The molecule has 1 unspecified atom stereocenters. The van der Waals surface area contributed by atoms with Crippen LogP contribution in [0, 0.1) is 5.82 Å². The number of hydrogen-bond acceptors (Lipinski definition) is 3. The standard InChI is InChI=1S/C15H18ClFN2S/c16-15-10-12(17)7-6-11(15)9-13(19-18)3-1-4-14-5-2-8-20-14/h2,5-8,10,13,19H,1,3-4,9,18H2. The summed E-state index contributed by atoms with van der Waals surface area (Å²) < 4.78 is 13.0. The number of rotatable bonds is 7. The minimum atomic E-state index is -0.311. The van der Waals surface area contributed by atoms with Crippen molar-refractivity contribution in [1.29, 1.82) is 0 Å². The topological polar surface area (TPSA) is 38.0 Å². The van der Waals surface area contributed by atoms with E-state index in [0.717, 1.165) is 24.8 Å². The molecule has 20 heavy (non-hydrogen) atoms. The smallest absolute Gasteiger partial charge is 0.124 e. The summed E-state index contributed by atoms with van der Waals surface area (Å²) in [7, 11) is 0. The third kappa shape index (κ3) is 4.56. The number of halogens is 2. The molecule has 0 aliphatic rings. The Morgan fingerprint density at radius 3 is 2.85 bits per heavy atom. The number of hydrogen-bond donors (Lipinski definition) is 2. The Morgan fingerprint density at radius 1 is 1.35 bits per heavy atom. The van der Waals surface area contributed by atoms with E-state index >= 15 is 0 Å². The second-order valence-electron chi connectivity index (χ2n) is 4.78. The van der Waals surface area contributed by atoms with E-state index < -0.39 is 0 Å². The molecule has 1 aromatic heterocycles. The predicted octanol–water partition coefficient (Wildman–Crippen LogP) is 3.94. The van der Waals surface area contributed by atoms with Crippen LogP contribution in [0.1, 0.15) is 23.3 Å². The molecule has 1 heterocycles. The van der Waals surface area contributed by atoms with Gasteiger partial charge in [0.1, 0.15) is 5.82 Å². The van der Waals surface area contributed by atoms with Crippen molar-refractivity contribution in [2.24, 2.45) is 5.84 Å². The van der Waals surface area contributed by atoms with Crippen molar-refractivity contribution < 1.29 is 4.39 Å². The summed E-state index contributed by atoms with van der Waals surface area (Å²) in [4.78, 5) is 1.39. The van der Waals surface area contributed by atoms with Gasteiger partial charge in [0.2, 0.25) is 0 Å². The first-order valence-corrected chi connectivity index (χ1v) is 7.87. The van der Waals surface area contributed by atoms with Crippen LogP contribution in [-0.2, 0) is 12.8 Å². The highest BCUT2D eigenvalue weighted by Gasteiger charge is 2.11. The van der Waals surface area contributed by atoms with Crippen LogP contribution in [0.15, 0.2) is 35.7 Å². The van der Waals surface area contributed by atoms with E-state index in [1.807, 2.05) is 0 Å². The molecule has 0 fully saturated rings. The highest BCUT2D eigenvalue weighted by atomic mass is 35.5. The van der Waals surface area contributed by atoms with Gasteiger partial charge in [-0.25, -0.2) is 4.39 Å². The lowest BCUT2D eigenvalue weighted by Crippen LogP contribution is -2.36. The summed E-state index contributed by atoms with van der Waals surface area (Å²) in [6.45, 7) is 0. The minimum absolute atomic E-state index is 0.151. The maximum absolute atomic E-state index is 13.0. The monoisotopic (exact) mass is 312 g/mol. The summed E-state index contributed by atoms with van der Waals surface area (Å²) >= 11 is 7.81. The predicted molar refractivity (Wildman–Crippen MR) is 83.5 cm³/mol. The molecule has 2 nitrogen and oxygen atoms in total. The van der Waals surface area contributed by atoms with Gasteiger partial charge >= 0.3 is 0 Å². The van der Waals surface area contributed by atoms with Crippen molar-refractivity contribution in [2.75, 3.05) is 0 Å². The lowest BCUT2D eigenvalue weighted by molar-refractivity contribution is 0.477. The van der Waals surface area contributed by atoms with E-state index in [1.165, 1.54) is 17.0 Å². The van der Waals surface area contributed by atoms with Gasteiger partial charge in [0.25, 0.3) is 0 Å². The molecule has 1 aromatic carbocycles. The van der Waals surface area contributed by atoms with Gasteiger partial charge in [-0.15, -0.1) is 11.3 Å². The second-order valence-corrected chi connectivity index (χ2v) is 6.21. The van der Waals surface area contributed by atoms with Gasteiger partial charge in [0, 0.05) is 15.9 Å². The van der Waals surface area contributed by atoms with Crippen molar-refractivity contribution in [3.8, 4) is 0 Å². The summed E-state index contributed by atoms with van der Waals surface area (Å²) in [6.07, 6.45) is 3.79. The van der Waals surface area contributed by atoms with Crippen LogP contribution in [0.5, 0.6) is 0 Å². The molecule has 2 aromatic rings. The van der Waals surface area contributed by atoms with Crippen LogP contribution in [0.3, 0.4) is 0 Å². The van der Waals surface area contributed by atoms with Gasteiger partial charge in [-0.05, 0) is 54.8 Å². The zero-order valence-corrected chi connectivity index (χ0v) is 12.7. The largest absolute Gasteiger partial charge is 0.271 e. The molecular formula is C15H18ClFN2S. The molecule has 1 atom stereocenters. The van der Waals surface area contributed by atoms with Crippen LogP contribution in [-0.4, -0.2) is 6.04 Å². The first-order valence-electron chi connectivity index (χ1n) is 6.61. The third-order valence-corrected chi connectivity index (χ3v) is 4.56. The molecule has 0 saturated heterocycles. The minimum Gasteiger partial charge on any atom is -0.271 e. The second kappa shape index (κ2) is 7.74. The fraction of sp³-hybridized carbons (Fsp3) is 0.333. The Hall–Kier alpha value is -0.940. The average molecular weight is 313 g/mol. The Kier molecular flexibility index (Phi) is 5.98. The van der Waals surface area contributed by atoms with Gasteiger partial charge < -0.3 is 0 Å². The number of aryl methyl sites for hydroxylation is 1. The van der Waals surface area contributed by atoms with Gasteiger partial charge in [-0.3, -0.25) is 11.3 Å². The third-order valence-electron chi connectivity index (χ3n) is 3.27. The molecule has 0 bridgehead atoms. The number of hydrazine groups is 1. The fourth-order valence-corrected chi connectivity index (χ4v) is 3.17. The molecule has 108 valence electrons. The van der Waals surface area contributed by atoms with Crippen molar-refractivity contribution in [2.45, 2.75) is 31.7 Å². The first-order chi connectivity index (χ1) is 9.69. The summed E-state index contributed by atoms with van der Waals surface area (Å²) in [5, 5.41) is 2.55. The van der Waals surface area contributed by atoms with Gasteiger partial charge in [0.05, 0.1) is 0 Å². The van der Waals surface area contributed by atoms with Crippen molar-refractivity contribution in [1.82, 2.24) is 5.43 Å². The zero-order valence-electron chi connectivity index (χ0n) is 11.1. The lowest BCUT2D eigenvalue weighted by atomic mass is 10.0. The van der Waals surface area contributed by atoms with Crippen molar-refractivity contribution >= 4 is 22.9 Å². The van der Waals surface area contributed by atoms with Gasteiger partial charge in [-0.2, -0.15) is 0 Å². The molecular weight excluding hydrogens is 295 g/mol. The Morgan fingerprint density at radius 2 is 2.20 bits per heavy atom. The van der Waals surface area contributed by atoms with E-state index in [0.29, 0.717) is 11.4 Å².